The Morgan fingerprint density at radius 1 is 1.22 bits per heavy atom. The highest BCUT2D eigenvalue weighted by Crippen LogP contribution is 2.49. The number of nitrogens with zero attached hydrogens (tertiary/aromatic N) is 4. The molecule has 3 heterocycles. The van der Waals surface area contributed by atoms with E-state index in [1.165, 1.54) is 24.7 Å². The number of aryl methyl sites for hydroxylation is 1. The molecule has 1 fully saturated rings. The van der Waals surface area contributed by atoms with E-state index in [0.29, 0.717) is 28.2 Å². The zero-order chi connectivity index (χ0) is 33.4. The summed E-state index contributed by atoms with van der Waals surface area (Å²) in [5.74, 6) is 0.433. The summed E-state index contributed by atoms with van der Waals surface area (Å²) in [5, 5.41) is 18.1. The number of benzene rings is 2. The van der Waals surface area contributed by atoms with E-state index >= 15 is 4.39 Å². The molecule has 15 heteroatoms. The van der Waals surface area contributed by atoms with Gasteiger partial charge < -0.3 is 24.4 Å². The molecule has 248 valence electrons. The maximum absolute atomic E-state index is 16.2. The average molecular weight is 659 g/mol. The lowest BCUT2D eigenvalue weighted by Gasteiger charge is -2.26. The van der Waals surface area contributed by atoms with E-state index in [1.807, 2.05) is 39.0 Å². The van der Waals surface area contributed by atoms with Gasteiger partial charge in [0.2, 0.25) is 0 Å². The quantitative estimate of drug-likeness (QED) is 0.145. The highest BCUT2D eigenvalue weighted by Gasteiger charge is 2.56. The zero-order valence-electron chi connectivity index (χ0n) is 26.9. The number of carbonyl (C=O) groups is 1. The second-order valence-corrected chi connectivity index (χ2v) is 14.4. The number of aromatic nitrogens is 4. The first-order valence-electron chi connectivity index (χ1n) is 14.9. The molecule has 0 amide bonds. The number of halogens is 1. The SMILES string of the molecule is CNc1nc(C)nc2c1ncn2[C@@H]1O[C@H](CO[P@@](=O)(N[C@@H](C)C(=O)OCC(C)(C)C)Oc2cccc3ccccc23)[C@@H](O)[C@@]1(C)F. The summed E-state index contributed by atoms with van der Waals surface area (Å²) >= 11 is 0. The first-order valence-corrected chi connectivity index (χ1v) is 16.4. The van der Waals surface area contributed by atoms with Gasteiger partial charge in [0.1, 0.15) is 29.8 Å². The van der Waals surface area contributed by atoms with Gasteiger partial charge in [-0.15, -0.1) is 0 Å². The van der Waals surface area contributed by atoms with Crippen molar-refractivity contribution in [3.63, 3.8) is 0 Å². The highest BCUT2D eigenvalue weighted by molar-refractivity contribution is 7.52. The van der Waals surface area contributed by atoms with E-state index in [2.05, 4.69) is 25.4 Å². The van der Waals surface area contributed by atoms with Crippen LogP contribution in [0.2, 0.25) is 0 Å². The number of alkyl halides is 1. The Morgan fingerprint density at radius 3 is 2.65 bits per heavy atom. The van der Waals surface area contributed by atoms with E-state index in [4.69, 9.17) is 18.5 Å². The highest BCUT2D eigenvalue weighted by atomic mass is 31.2. The molecular weight excluding hydrogens is 618 g/mol. The molecule has 13 nitrogen and oxygen atoms in total. The van der Waals surface area contributed by atoms with E-state index < -0.39 is 50.5 Å². The number of hydrogen-bond donors (Lipinski definition) is 3. The molecule has 0 spiro atoms. The van der Waals surface area contributed by atoms with Gasteiger partial charge in [-0.25, -0.2) is 23.9 Å². The normalized spacial score (nSPS) is 23.7. The molecule has 46 heavy (non-hydrogen) atoms. The number of hydrogen-bond acceptors (Lipinski definition) is 11. The van der Waals surface area contributed by atoms with E-state index in [-0.39, 0.29) is 17.8 Å². The fourth-order valence-electron chi connectivity index (χ4n) is 5.09. The van der Waals surface area contributed by atoms with E-state index in [1.54, 1.807) is 38.2 Å². The van der Waals surface area contributed by atoms with Crippen LogP contribution in [0.15, 0.2) is 48.8 Å². The molecule has 0 aliphatic carbocycles. The van der Waals surface area contributed by atoms with Gasteiger partial charge in [-0.2, -0.15) is 5.09 Å². The van der Waals surface area contributed by atoms with Crippen LogP contribution in [0.1, 0.15) is 46.7 Å². The molecule has 0 saturated carbocycles. The summed E-state index contributed by atoms with van der Waals surface area (Å²) in [6, 6.07) is 11.4. The Labute approximate surface area is 266 Å². The number of carbonyl (C=O) groups excluding carboxylic acids is 1. The van der Waals surface area contributed by atoms with Gasteiger partial charge in [0, 0.05) is 12.4 Å². The number of aliphatic hydroxyl groups is 1. The van der Waals surface area contributed by atoms with Crippen LogP contribution in [-0.2, 0) is 23.4 Å². The molecule has 2 aromatic carbocycles. The molecule has 0 radical (unpaired) electrons. The Balaban J connectivity index is 1.40. The second kappa shape index (κ2) is 12.8. The van der Waals surface area contributed by atoms with Crippen LogP contribution in [0.5, 0.6) is 5.75 Å². The lowest BCUT2D eigenvalue weighted by Crippen LogP contribution is -2.41. The number of ether oxygens (including phenoxy) is 2. The van der Waals surface area contributed by atoms with Gasteiger partial charge in [-0.1, -0.05) is 57.2 Å². The molecule has 1 aliphatic rings. The molecule has 0 unspecified atom stereocenters. The molecule has 3 N–H and O–H groups in total. The van der Waals surface area contributed by atoms with Crippen LogP contribution < -0.4 is 14.9 Å². The summed E-state index contributed by atoms with van der Waals surface area (Å²) < 4.78 is 55.1. The van der Waals surface area contributed by atoms with Gasteiger partial charge in [0.25, 0.3) is 0 Å². The average Bonchev–Trinajstić information content (AvgIpc) is 3.51. The minimum Gasteiger partial charge on any atom is -0.464 e. The van der Waals surface area contributed by atoms with Crippen molar-refractivity contribution in [2.75, 3.05) is 25.6 Å². The Morgan fingerprint density at radius 2 is 1.93 bits per heavy atom. The lowest BCUT2D eigenvalue weighted by molar-refractivity contribution is -0.148. The van der Waals surface area contributed by atoms with Gasteiger partial charge >= 0.3 is 13.7 Å². The fraction of sp³-hybridized carbons (Fsp3) is 0.484. The van der Waals surface area contributed by atoms with Gasteiger partial charge in [-0.05, 0) is 37.6 Å². The smallest absolute Gasteiger partial charge is 0.459 e. The van der Waals surface area contributed by atoms with Crippen LogP contribution in [0.3, 0.4) is 0 Å². The molecule has 4 aromatic rings. The molecule has 5 rings (SSSR count). The van der Waals surface area contributed by atoms with Gasteiger partial charge in [0.15, 0.2) is 28.9 Å². The van der Waals surface area contributed by atoms with Crippen molar-refractivity contribution in [2.24, 2.45) is 5.41 Å². The second-order valence-electron chi connectivity index (χ2n) is 12.7. The molecule has 6 atom stereocenters. The summed E-state index contributed by atoms with van der Waals surface area (Å²) in [4.78, 5) is 25.9. The summed E-state index contributed by atoms with van der Waals surface area (Å²) in [5.41, 5.74) is -1.93. The van der Waals surface area contributed by atoms with Gasteiger partial charge in [-0.3, -0.25) is 13.9 Å². The number of fused-ring (bicyclic) bond motifs is 2. The molecule has 0 bridgehead atoms. The van der Waals surface area contributed by atoms with Crippen molar-refractivity contribution in [1.29, 1.82) is 0 Å². The largest absolute Gasteiger partial charge is 0.464 e. The molecule has 1 saturated heterocycles. The van der Waals surface area contributed by atoms with Crippen molar-refractivity contribution in [3.8, 4) is 5.75 Å². The third kappa shape index (κ3) is 7.01. The Kier molecular flexibility index (Phi) is 9.40. The maximum atomic E-state index is 16.2. The standard InChI is InChI=1S/C31H40FN6O7P/c1-18(28(40)42-16-30(3,4)5)37-46(41,45-22-14-10-12-20-11-8-9-13-21(20)22)43-15-23-25(39)31(6,32)29(44-23)38-17-34-24-26(33-7)35-19(2)36-27(24)38/h8-14,17-18,23,25,29,39H,15-16H2,1-7H3,(H,37,41)(H,33,35,36)/t18-,23+,25+,29+,31+,46-/m0/s1. The van der Waals surface area contributed by atoms with E-state index in [0.717, 1.165) is 5.39 Å². The first kappa shape index (κ1) is 33.7. The Bertz CT molecular complexity index is 1770. The predicted molar refractivity (Wildman–Crippen MR) is 170 cm³/mol. The van der Waals surface area contributed by atoms with Crippen LogP contribution in [0.4, 0.5) is 10.2 Å². The third-order valence-corrected chi connectivity index (χ3v) is 9.10. The monoisotopic (exact) mass is 658 g/mol. The molecule has 1 aliphatic heterocycles. The third-order valence-electron chi connectivity index (χ3n) is 7.47. The summed E-state index contributed by atoms with van der Waals surface area (Å²) in [6.45, 7) is 9.66. The summed E-state index contributed by atoms with van der Waals surface area (Å²) in [7, 11) is -2.71. The molecule has 2 aromatic heterocycles. The lowest BCUT2D eigenvalue weighted by atomic mass is 9.98. The number of rotatable bonds is 11. The minimum absolute atomic E-state index is 0.134. The maximum Gasteiger partial charge on any atom is 0.459 e. The van der Waals surface area contributed by atoms with Gasteiger partial charge in [0.05, 0.1) is 19.5 Å². The van der Waals surface area contributed by atoms with E-state index in [9.17, 15) is 14.5 Å². The predicted octanol–water partition coefficient (Wildman–Crippen LogP) is 5.09. The van der Waals surface area contributed by atoms with Crippen molar-refractivity contribution in [1.82, 2.24) is 24.6 Å². The minimum atomic E-state index is -4.39. The number of anilines is 1. The van der Waals surface area contributed by atoms with Crippen LogP contribution in [-0.4, -0.2) is 74.8 Å². The van der Waals surface area contributed by atoms with Crippen molar-refractivity contribution >= 4 is 41.5 Å². The number of esters is 1. The number of nitrogens with one attached hydrogen (secondary N) is 2. The van der Waals surface area contributed by atoms with Crippen molar-refractivity contribution < 1.29 is 37.4 Å². The molecular formula is C31H40FN6O7P. The topological polar surface area (TPSA) is 159 Å². The van der Waals surface area contributed by atoms with Crippen LogP contribution in [0, 0.1) is 12.3 Å². The summed E-state index contributed by atoms with van der Waals surface area (Å²) in [6.07, 6.45) is -3.00. The van der Waals surface area contributed by atoms with Crippen LogP contribution >= 0.6 is 7.75 Å². The number of imidazole rings is 1. The van der Waals surface area contributed by atoms with Crippen LogP contribution in [0.25, 0.3) is 21.9 Å². The van der Waals surface area contributed by atoms with Crippen molar-refractivity contribution in [3.05, 3.63) is 54.6 Å². The Hall–Kier alpha value is -3.68. The first-order chi connectivity index (χ1) is 21.6. The zero-order valence-corrected chi connectivity index (χ0v) is 27.7. The van der Waals surface area contributed by atoms with Crippen molar-refractivity contribution in [2.45, 2.75) is 71.7 Å². The fourth-order valence-corrected chi connectivity index (χ4v) is 6.61. The number of aliphatic hydroxyl groups excluding tert-OH is 1.